The number of aromatic nitrogens is 3. The predicted molar refractivity (Wildman–Crippen MR) is 114 cm³/mol. The second-order valence-corrected chi connectivity index (χ2v) is 8.85. The first-order valence-corrected chi connectivity index (χ1v) is 11.1. The van der Waals surface area contributed by atoms with Gasteiger partial charge in [-0.2, -0.15) is 13.2 Å². The molecule has 2 saturated heterocycles. The summed E-state index contributed by atoms with van der Waals surface area (Å²) >= 11 is 2.01. The van der Waals surface area contributed by atoms with Crippen molar-refractivity contribution in [3.63, 3.8) is 0 Å². The van der Waals surface area contributed by atoms with Crippen molar-refractivity contribution in [1.82, 2.24) is 24.3 Å². The Morgan fingerprint density at radius 3 is 2.37 bits per heavy atom. The van der Waals surface area contributed by atoms with E-state index in [0.717, 1.165) is 38.2 Å². The number of likely N-dealkylation sites (tertiary alicyclic amines) is 2. The first-order chi connectivity index (χ1) is 14.3. The van der Waals surface area contributed by atoms with Gasteiger partial charge in [-0.05, 0) is 73.5 Å². The molecule has 0 N–H and O–H groups in total. The maximum absolute atomic E-state index is 13.2. The molecule has 30 heavy (non-hydrogen) atoms. The average molecular weight is 533 g/mol. The normalized spacial score (nSPS) is 18.9. The minimum absolute atomic E-state index is 0.0830. The lowest BCUT2D eigenvalue weighted by molar-refractivity contribution is -0.141. The molecule has 0 aromatic carbocycles. The summed E-state index contributed by atoms with van der Waals surface area (Å²) in [5.74, 6) is 0.344. The van der Waals surface area contributed by atoms with Crippen molar-refractivity contribution in [3.8, 4) is 11.4 Å². The Balaban J connectivity index is 1.50. The van der Waals surface area contributed by atoms with Gasteiger partial charge in [0.1, 0.15) is 20.9 Å². The van der Waals surface area contributed by atoms with E-state index in [9.17, 15) is 18.0 Å². The third-order valence-corrected chi connectivity index (χ3v) is 6.73. The molecule has 0 aliphatic carbocycles. The van der Waals surface area contributed by atoms with Crippen LogP contribution in [-0.2, 0) is 13.2 Å². The van der Waals surface area contributed by atoms with Crippen LogP contribution in [0.2, 0.25) is 0 Å². The summed E-state index contributed by atoms with van der Waals surface area (Å²) in [4.78, 5) is 25.5. The molecule has 0 saturated carbocycles. The van der Waals surface area contributed by atoms with E-state index in [1.54, 1.807) is 11.6 Å². The van der Waals surface area contributed by atoms with Crippen LogP contribution in [0.1, 0.15) is 41.9 Å². The summed E-state index contributed by atoms with van der Waals surface area (Å²) in [5.41, 5.74) is -0.0485. The minimum atomic E-state index is -4.49. The molecule has 6 nitrogen and oxygen atoms in total. The van der Waals surface area contributed by atoms with E-state index in [4.69, 9.17) is 0 Å². The SMILES string of the molecule is Cn1c(-c2ccc(C(F)(F)F)nc2)nc(I)c1C(=O)N1CCC(N2CCCC2)CC1. The van der Waals surface area contributed by atoms with E-state index in [2.05, 4.69) is 14.9 Å². The number of piperidine rings is 1. The van der Waals surface area contributed by atoms with Crippen LogP contribution < -0.4 is 0 Å². The highest BCUT2D eigenvalue weighted by Crippen LogP contribution is 2.30. The summed E-state index contributed by atoms with van der Waals surface area (Å²) in [6.07, 6.45) is 1.11. The molecule has 1 amide bonds. The number of rotatable bonds is 3. The molecule has 2 fully saturated rings. The molecule has 162 valence electrons. The van der Waals surface area contributed by atoms with Gasteiger partial charge in [-0.15, -0.1) is 0 Å². The molecule has 4 heterocycles. The Labute approximate surface area is 186 Å². The van der Waals surface area contributed by atoms with Gasteiger partial charge in [0.25, 0.3) is 5.91 Å². The predicted octanol–water partition coefficient (Wildman–Crippen LogP) is 3.81. The van der Waals surface area contributed by atoms with Gasteiger partial charge < -0.3 is 14.4 Å². The quantitative estimate of drug-likeness (QED) is 0.564. The first-order valence-electron chi connectivity index (χ1n) is 10.0. The van der Waals surface area contributed by atoms with Gasteiger partial charge in [-0.25, -0.2) is 4.98 Å². The van der Waals surface area contributed by atoms with Gasteiger partial charge >= 0.3 is 6.18 Å². The fourth-order valence-corrected chi connectivity index (χ4v) is 5.16. The Hall–Kier alpha value is -1.69. The molecule has 0 radical (unpaired) electrons. The third kappa shape index (κ3) is 4.20. The number of carbonyl (C=O) groups excluding carboxylic acids is 1. The zero-order chi connectivity index (χ0) is 21.5. The van der Waals surface area contributed by atoms with Gasteiger partial charge in [0.05, 0.1) is 0 Å². The van der Waals surface area contributed by atoms with E-state index in [0.29, 0.717) is 39.9 Å². The van der Waals surface area contributed by atoms with Crippen LogP contribution in [0.25, 0.3) is 11.4 Å². The topological polar surface area (TPSA) is 54.3 Å². The van der Waals surface area contributed by atoms with Crippen molar-refractivity contribution in [2.24, 2.45) is 7.05 Å². The fraction of sp³-hybridized carbons (Fsp3) is 0.550. The number of alkyl halides is 3. The molecular formula is C20H23F3IN5O. The van der Waals surface area contributed by atoms with Crippen molar-refractivity contribution < 1.29 is 18.0 Å². The number of imidazole rings is 1. The summed E-state index contributed by atoms with van der Waals surface area (Å²) in [5, 5.41) is 0. The Kier molecular flexibility index (Phi) is 6.06. The molecule has 2 aliphatic heterocycles. The largest absolute Gasteiger partial charge is 0.433 e. The highest BCUT2D eigenvalue weighted by atomic mass is 127. The molecule has 10 heteroatoms. The van der Waals surface area contributed by atoms with E-state index in [1.807, 2.05) is 27.5 Å². The Bertz CT molecular complexity index is 914. The first kappa shape index (κ1) is 21.5. The number of halogens is 4. The minimum Gasteiger partial charge on any atom is -0.337 e. The maximum atomic E-state index is 13.2. The lowest BCUT2D eigenvalue weighted by Gasteiger charge is -2.36. The lowest BCUT2D eigenvalue weighted by atomic mass is 10.0. The van der Waals surface area contributed by atoms with Crippen molar-refractivity contribution >= 4 is 28.5 Å². The molecule has 0 spiro atoms. The van der Waals surface area contributed by atoms with Gasteiger partial charge in [-0.1, -0.05) is 0 Å². The summed E-state index contributed by atoms with van der Waals surface area (Å²) < 4.78 is 40.5. The second-order valence-electron chi connectivity index (χ2n) is 7.83. The van der Waals surface area contributed by atoms with Crippen molar-refractivity contribution in [2.75, 3.05) is 26.2 Å². The van der Waals surface area contributed by atoms with Crippen LogP contribution in [0, 0.1) is 3.70 Å². The van der Waals surface area contributed by atoms with E-state index in [1.165, 1.54) is 18.9 Å². The van der Waals surface area contributed by atoms with Crippen molar-refractivity contribution in [1.29, 1.82) is 0 Å². The molecule has 2 aliphatic rings. The smallest absolute Gasteiger partial charge is 0.337 e. The van der Waals surface area contributed by atoms with Gasteiger partial charge in [0.2, 0.25) is 0 Å². The van der Waals surface area contributed by atoms with Crippen LogP contribution in [0.3, 0.4) is 0 Å². The summed E-state index contributed by atoms with van der Waals surface area (Å²) in [7, 11) is 1.71. The number of hydrogen-bond donors (Lipinski definition) is 0. The molecular weight excluding hydrogens is 510 g/mol. The van der Waals surface area contributed by atoms with Crippen molar-refractivity contribution in [2.45, 2.75) is 37.9 Å². The summed E-state index contributed by atoms with van der Waals surface area (Å²) in [6.45, 7) is 3.72. The standard InChI is InChI=1S/C20H23F3IN5O/c1-27-16(19(30)29-10-6-14(7-11-29)28-8-2-3-9-28)17(24)26-18(27)13-4-5-15(25-12-13)20(21,22)23/h4-5,12,14H,2-3,6-11H2,1H3. The zero-order valence-corrected chi connectivity index (χ0v) is 18.8. The van der Waals surface area contributed by atoms with Crippen molar-refractivity contribution in [3.05, 3.63) is 33.4 Å². The Morgan fingerprint density at radius 2 is 1.80 bits per heavy atom. The van der Waals surface area contributed by atoms with E-state index in [-0.39, 0.29) is 5.91 Å². The highest BCUT2D eigenvalue weighted by molar-refractivity contribution is 14.1. The van der Waals surface area contributed by atoms with Crippen LogP contribution in [0.4, 0.5) is 13.2 Å². The molecule has 0 bridgehead atoms. The van der Waals surface area contributed by atoms with Gasteiger partial charge in [-0.3, -0.25) is 9.78 Å². The van der Waals surface area contributed by atoms with Crippen LogP contribution in [0.15, 0.2) is 18.3 Å². The highest BCUT2D eigenvalue weighted by Gasteiger charge is 2.33. The van der Waals surface area contributed by atoms with Crippen LogP contribution >= 0.6 is 22.6 Å². The fourth-order valence-electron chi connectivity index (χ4n) is 4.34. The number of amides is 1. The van der Waals surface area contributed by atoms with Gasteiger partial charge in [0.15, 0.2) is 0 Å². The number of pyridine rings is 1. The van der Waals surface area contributed by atoms with Gasteiger partial charge in [0, 0.05) is 37.9 Å². The molecule has 2 aromatic heterocycles. The number of hydrogen-bond acceptors (Lipinski definition) is 4. The molecule has 4 rings (SSSR count). The van der Waals surface area contributed by atoms with E-state index < -0.39 is 11.9 Å². The van der Waals surface area contributed by atoms with E-state index >= 15 is 0 Å². The zero-order valence-electron chi connectivity index (χ0n) is 16.6. The maximum Gasteiger partial charge on any atom is 0.433 e. The lowest BCUT2D eigenvalue weighted by Crippen LogP contribution is -2.46. The van der Waals surface area contributed by atoms with Crippen LogP contribution in [0.5, 0.6) is 0 Å². The number of nitrogens with zero attached hydrogens (tertiary/aromatic N) is 5. The average Bonchev–Trinajstić information content (AvgIpc) is 3.35. The second kappa shape index (κ2) is 8.45. The molecule has 0 atom stereocenters. The Morgan fingerprint density at radius 1 is 1.13 bits per heavy atom. The summed E-state index contributed by atoms with van der Waals surface area (Å²) in [6, 6.07) is 2.82. The number of carbonyl (C=O) groups is 1. The van der Waals surface area contributed by atoms with Crippen LogP contribution in [-0.4, -0.2) is 62.5 Å². The molecule has 0 unspecified atom stereocenters. The third-order valence-electron chi connectivity index (χ3n) is 5.98. The molecule has 2 aromatic rings. The monoisotopic (exact) mass is 533 g/mol.